The van der Waals surface area contributed by atoms with Gasteiger partial charge >= 0.3 is 0 Å². The Labute approximate surface area is 208 Å². The Kier molecular flexibility index (Phi) is 5.87. The number of nitrogens with zero attached hydrogens (tertiary/aromatic N) is 3. The summed E-state index contributed by atoms with van der Waals surface area (Å²) in [5.41, 5.74) is 2.10. The van der Waals surface area contributed by atoms with Gasteiger partial charge in [0.1, 0.15) is 10.6 Å². The molecule has 3 heterocycles. The Bertz CT molecular complexity index is 1410. The van der Waals surface area contributed by atoms with E-state index in [-0.39, 0.29) is 35.8 Å². The highest BCUT2D eigenvalue weighted by Crippen LogP contribution is 2.42. The number of ether oxygens (including phenoxy) is 1. The van der Waals surface area contributed by atoms with Crippen LogP contribution in [0.15, 0.2) is 42.0 Å². The van der Waals surface area contributed by atoms with Crippen LogP contribution in [0.4, 0.5) is 5.69 Å². The lowest BCUT2D eigenvalue weighted by molar-refractivity contribution is -0.121. The van der Waals surface area contributed by atoms with Crippen LogP contribution in [0.5, 0.6) is 5.75 Å². The van der Waals surface area contributed by atoms with Gasteiger partial charge in [-0.15, -0.1) is 17.9 Å². The number of anilines is 1. The topological polar surface area (TPSA) is 81.5 Å². The van der Waals surface area contributed by atoms with Gasteiger partial charge < -0.3 is 9.64 Å². The van der Waals surface area contributed by atoms with Crippen molar-refractivity contribution in [1.29, 1.82) is 0 Å². The Morgan fingerprint density at radius 3 is 2.86 bits per heavy atom. The van der Waals surface area contributed by atoms with E-state index in [2.05, 4.69) is 32.3 Å². The second kappa shape index (κ2) is 8.75. The highest BCUT2D eigenvalue weighted by atomic mass is 32.1. The van der Waals surface area contributed by atoms with Crippen LogP contribution >= 0.6 is 11.3 Å². The zero-order valence-electron chi connectivity index (χ0n) is 20.3. The summed E-state index contributed by atoms with van der Waals surface area (Å²) in [6.07, 6.45) is 5.99. The van der Waals surface area contributed by atoms with E-state index in [0.29, 0.717) is 34.8 Å². The average Bonchev–Trinajstić information content (AvgIpc) is 3.20. The molecule has 0 saturated carbocycles. The zero-order valence-corrected chi connectivity index (χ0v) is 21.1. The summed E-state index contributed by atoms with van der Waals surface area (Å²) in [7, 11) is 0. The fourth-order valence-electron chi connectivity index (χ4n) is 5.00. The molecule has 8 heteroatoms. The van der Waals surface area contributed by atoms with E-state index in [1.165, 1.54) is 15.8 Å². The Hall–Kier alpha value is -3.26. The minimum absolute atomic E-state index is 0.0450. The third-order valence-corrected chi connectivity index (χ3v) is 8.27. The van der Waals surface area contributed by atoms with Gasteiger partial charge in [0.25, 0.3) is 11.5 Å². The van der Waals surface area contributed by atoms with Crippen LogP contribution < -0.4 is 15.2 Å². The van der Waals surface area contributed by atoms with Gasteiger partial charge in [0.2, 0.25) is 0 Å². The molecule has 0 N–H and O–H groups in total. The number of carbonyl (C=O) groups excluding carboxylic acids is 2. The standard InChI is InChI=1S/C27H29N3O4S/c1-5-10-30-19-11-16(6-9-21(19)34-14-23(30)32)20(31)13-29-15-28-25-24(26(29)33)18-8-7-17(27(2,3)4)12-22(18)35-25/h5-6,9,11,15,17H,1,7-8,10,12-14H2,2-4H3. The summed E-state index contributed by atoms with van der Waals surface area (Å²) in [6.45, 7) is 10.7. The van der Waals surface area contributed by atoms with Gasteiger partial charge in [0.15, 0.2) is 12.4 Å². The quantitative estimate of drug-likeness (QED) is 0.390. The first-order valence-electron chi connectivity index (χ1n) is 11.9. The van der Waals surface area contributed by atoms with Crippen LogP contribution in [0.3, 0.4) is 0 Å². The van der Waals surface area contributed by atoms with Gasteiger partial charge in [-0.05, 0) is 54.4 Å². The lowest BCUT2D eigenvalue weighted by Crippen LogP contribution is -2.39. The first-order valence-corrected chi connectivity index (χ1v) is 12.7. The van der Waals surface area contributed by atoms with Crippen molar-refractivity contribution in [3.8, 4) is 5.75 Å². The van der Waals surface area contributed by atoms with Crippen molar-refractivity contribution in [2.24, 2.45) is 11.3 Å². The molecule has 1 aromatic carbocycles. The first kappa shape index (κ1) is 23.5. The Morgan fingerprint density at radius 1 is 1.31 bits per heavy atom. The summed E-state index contributed by atoms with van der Waals surface area (Å²) in [4.78, 5) is 46.9. The highest BCUT2D eigenvalue weighted by Gasteiger charge is 2.32. The van der Waals surface area contributed by atoms with Crippen molar-refractivity contribution in [3.63, 3.8) is 0 Å². The van der Waals surface area contributed by atoms with E-state index in [0.717, 1.165) is 29.7 Å². The van der Waals surface area contributed by atoms with Crippen LogP contribution in [-0.2, 0) is 24.2 Å². The summed E-state index contributed by atoms with van der Waals surface area (Å²) in [5.74, 6) is 0.697. The van der Waals surface area contributed by atoms with Crippen molar-refractivity contribution >= 4 is 38.9 Å². The molecule has 1 atom stereocenters. The number of hydrogen-bond donors (Lipinski definition) is 0. The van der Waals surface area contributed by atoms with E-state index < -0.39 is 0 Å². The summed E-state index contributed by atoms with van der Waals surface area (Å²) in [6, 6.07) is 5.00. The number of ketones is 1. The number of thiophene rings is 1. The molecule has 35 heavy (non-hydrogen) atoms. The predicted octanol–water partition coefficient (Wildman–Crippen LogP) is 4.40. The molecule has 2 aliphatic rings. The van der Waals surface area contributed by atoms with E-state index in [1.807, 2.05) is 0 Å². The zero-order chi connectivity index (χ0) is 24.9. The van der Waals surface area contributed by atoms with E-state index in [4.69, 9.17) is 4.74 Å². The molecule has 3 aromatic rings. The smallest absolute Gasteiger partial charge is 0.265 e. The summed E-state index contributed by atoms with van der Waals surface area (Å²) < 4.78 is 6.90. The van der Waals surface area contributed by atoms with Gasteiger partial charge in [0, 0.05) is 17.0 Å². The van der Waals surface area contributed by atoms with Crippen LogP contribution in [0.2, 0.25) is 0 Å². The molecule has 2 aromatic heterocycles. The average molecular weight is 492 g/mol. The number of carbonyl (C=O) groups is 2. The van der Waals surface area contributed by atoms with Gasteiger partial charge in [-0.25, -0.2) is 4.98 Å². The SMILES string of the molecule is C=CCN1C(=O)COc2ccc(C(=O)Cn3cnc4sc5c(c4c3=O)CCC(C(C)(C)C)C5)cc21. The van der Waals surface area contributed by atoms with Crippen LogP contribution in [0, 0.1) is 11.3 Å². The maximum absolute atomic E-state index is 13.4. The van der Waals surface area contributed by atoms with E-state index >= 15 is 0 Å². The number of rotatable bonds is 5. The molecule has 0 fully saturated rings. The molecule has 0 spiro atoms. The molecule has 1 aliphatic heterocycles. The summed E-state index contributed by atoms with van der Waals surface area (Å²) >= 11 is 1.61. The second-order valence-electron chi connectivity index (χ2n) is 10.4. The fourth-order valence-corrected chi connectivity index (χ4v) is 6.26. The van der Waals surface area contributed by atoms with Crippen LogP contribution in [0.25, 0.3) is 10.2 Å². The highest BCUT2D eigenvalue weighted by molar-refractivity contribution is 7.18. The van der Waals surface area contributed by atoms with Crippen molar-refractivity contribution in [2.45, 2.75) is 46.6 Å². The fraction of sp³-hybridized carbons (Fsp3) is 0.407. The third kappa shape index (κ3) is 4.20. The molecular weight excluding hydrogens is 462 g/mol. The molecule has 1 unspecified atom stereocenters. The monoisotopic (exact) mass is 491 g/mol. The Balaban J connectivity index is 1.44. The first-order chi connectivity index (χ1) is 16.7. The summed E-state index contributed by atoms with van der Waals surface area (Å²) in [5, 5.41) is 0.661. The number of aromatic nitrogens is 2. The number of hydrogen-bond acceptors (Lipinski definition) is 6. The van der Waals surface area contributed by atoms with E-state index in [1.54, 1.807) is 40.5 Å². The van der Waals surface area contributed by atoms with Crippen LogP contribution in [-0.4, -0.2) is 34.4 Å². The van der Waals surface area contributed by atoms with Crippen LogP contribution in [0.1, 0.15) is 48.0 Å². The maximum atomic E-state index is 13.4. The minimum Gasteiger partial charge on any atom is -0.482 e. The van der Waals surface area contributed by atoms with Crippen molar-refractivity contribution in [2.75, 3.05) is 18.1 Å². The van der Waals surface area contributed by atoms with Crippen molar-refractivity contribution in [1.82, 2.24) is 9.55 Å². The maximum Gasteiger partial charge on any atom is 0.265 e. The molecule has 1 amide bonds. The second-order valence-corrected chi connectivity index (χ2v) is 11.4. The lowest BCUT2D eigenvalue weighted by Gasteiger charge is -2.33. The number of Topliss-reactive ketones (excluding diaryl/α,β-unsaturated/α-hetero) is 1. The van der Waals surface area contributed by atoms with Crippen molar-refractivity contribution in [3.05, 3.63) is 63.5 Å². The van der Waals surface area contributed by atoms with Crippen molar-refractivity contribution < 1.29 is 14.3 Å². The number of fused-ring (bicyclic) bond motifs is 4. The van der Waals surface area contributed by atoms with E-state index in [9.17, 15) is 14.4 Å². The molecular formula is C27H29N3O4S. The number of benzene rings is 1. The lowest BCUT2D eigenvalue weighted by atomic mass is 9.72. The molecule has 7 nitrogen and oxygen atoms in total. The molecule has 0 saturated heterocycles. The predicted molar refractivity (Wildman–Crippen MR) is 138 cm³/mol. The molecule has 1 aliphatic carbocycles. The van der Waals surface area contributed by atoms with Gasteiger partial charge in [0.05, 0.1) is 23.9 Å². The van der Waals surface area contributed by atoms with Gasteiger partial charge in [-0.2, -0.15) is 0 Å². The minimum atomic E-state index is -0.232. The largest absolute Gasteiger partial charge is 0.482 e. The van der Waals surface area contributed by atoms with Gasteiger partial charge in [-0.3, -0.25) is 19.0 Å². The third-order valence-electron chi connectivity index (χ3n) is 7.11. The number of amides is 1. The number of aryl methyl sites for hydroxylation is 1. The van der Waals surface area contributed by atoms with Gasteiger partial charge in [-0.1, -0.05) is 26.8 Å². The molecule has 0 radical (unpaired) electrons. The molecule has 5 rings (SSSR count). The normalized spacial score (nSPS) is 17.6. The Morgan fingerprint density at radius 2 is 2.11 bits per heavy atom. The molecule has 182 valence electrons. The molecule has 0 bridgehead atoms.